The predicted octanol–water partition coefficient (Wildman–Crippen LogP) is 3.63. The Bertz CT molecular complexity index is 454. The molecule has 1 unspecified atom stereocenters. The monoisotopic (exact) mass is 226 g/mol. The molecule has 0 aromatic heterocycles. The molecular weight excluding hydrogens is 208 g/mol. The molecule has 1 atom stereocenters. The van der Waals surface area contributed by atoms with Crippen LogP contribution in [0.1, 0.15) is 30.4 Å². The van der Waals surface area contributed by atoms with Crippen LogP contribution in [0.5, 0.6) is 0 Å². The van der Waals surface area contributed by atoms with Crippen LogP contribution in [0.25, 0.3) is 0 Å². The summed E-state index contributed by atoms with van der Waals surface area (Å²) in [5, 5.41) is 12.5. The first-order valence-electron chi connectivity index (χ1n) is 6.19. The van der Waals surface area contributed by atoms with Crippen LogP contribution in [0.3, 0.4) is 0 Å². The molecule has 2 rings (SSSR count). The molecule has 2 heteroatoms. The molecule has 88 valence electrons. The summed E-state index contributed by atoms with van der Waals surface area (Å²) in [7, 11) is 0. The van der Waals surface area contributed by atoms with E-state index in [9.17, 15) is 0 Å². The Hall–Kier alpha value is -1.75. The highest BCUT2D eigenvalue weighted by molar-refractivity contribution is 5.58. The Kier molecular flexibility index (Phi) is 3.82. The summed E-state index contributed by atoms with van der Waals surface area (Å²) < 4.78 is 0. The van der Waals surface area contributed by atoms with Gasteiger partial charge in [0.05, 0.1) is 11.3 Å². The highest BCUT2D eigenvalue weighted by Gasteiger charge is 2.10. The lowest BCUT2D eigenvalue weighted by Crippen LogP contribution is -2.15. The summed E-state index contributed by atoms with van der Waals surface area (Å²) >= 11 is 0. The molecule has 2 nitrogen and oxygen atoms in total. The van der Waals surface area contributed by atoms with Gasteiger partial charge >= 0.3 is 0 Å². The van der Waals surface area contributed by atoms with Crippen molar-refractivity contribution in [3.05, 3.63) is 41.5 Å². The maximum absolute atomic E-state index is 9.08. The van der Waals surface area contributed by atoms with Gasteiger partial charge in [0.1, 0.15) is 6.07 Å². The van der Waals surface area contributed by atoms with Crippen LogP contribution in [0.4, 0.5) is 5.69 Å². The largest absolute Gasteiger partial charge is 0.384 e. The molecule has 1 N–H and O–H groups in total. The van der Waals surface area contributed by atoms with Crippen molar-refractivity contribution in [1.82, 2.24) is 0 Å². The quantitative estimate of drug-likeness (QED) is 0.799. The minimum atomic E-state index is 0.702. The number of allylic oxidation sites excluding steroid dienone is 2. The number of rotatable bonds is 3. The number of hydrogen-bond acceptors (Lipinski definition) is 2. The Balaban J connectivity index is 1.99. The summed E-state index contributed by atoms with van der Waals surface area (Å²) in [6.45, 7) is 2.97. The number of nitrogens with zero attached hydrogens (tertiary/aromatic N) is 1. The van der Waals surface area contributed by atoms with Crippen LogP contribution in [0.15, 0.2) is 30.4 Å². The van der Waals surface area contributed by atoms with Crippen molar-refractivity contribution >= 4 is 5.69 Å². The summed E-state index contributed by atoms with van der Waals surface area (Å²) in [6, 6.07) is 8.23. The van der Waals surface area contributed by atoms with E-state index >= 15 is 0 Å². The second-order valence-electron chi connectivity index (χ2n) is 4.69. The molecule has 0 radical (unpaired) electrons. The minimum absolute atomic E-state index is 0.702. The number of hydrogen-bond donors (Lipinski definition) is 1. The van der Waals surface area contributed by atoms with Gasteiger partial charge in [-0.2, -0.15) is 5.26 Å². The van der Waals surface area contributed by atoms with Crippen molar-refractivity contribution in [2.75, 3.05) is 11.9 Å². The molecule has 0 fully saturated rings. The molecule has 1 aromatic rings. The Morgan fingerprint density at radius 2 is 2.29 bits per heavy atom. The maximum Gasteiger partial charge on any atom is 0.101 e. The first kappa shape index (κ1) is 11.7. The fraction of sp³-hybridized carbons (Fsp3) is 0.400. The Morgan fingerprint density at radius 1 is 1.41 bits per heavy atom. The van der Waals surface area contributed by atoms with Gasteiger partial charge in [0.15, 0.2) is 0 Å². The van der Waals surface area contributed by atoms with Gasteiger partial charge in [0.25, 0.3) is 0 Å². The lowest BCUT2D eigenvalue weighted by molar-refractivity contribution is 0.504. The SMILES string of the molecule is Cc1ccc(NCC2CC=CCC2)c(C#N)c1. The van der Waals surface area contributed by atoms with Gasteiger partial charge in [-0.3, -0.25) is 0 Å². The van der Waals surface area contributed by atoms with E-state index in [0.717, 1.165) is 29.8 Å². The van der Waals surface area contributed by atoms with Crippen LogP contribution in [0, 0.1) is 24.2 Å². The fourth-order valence-corrected chi connectivity index (χ4v) is 2.20. The number of nitriles is 1. The van der Waals surface area contributed by atoms with E-state index < -0.39 is 0 Å². The lowest BCUT2D eigenvalue weighted by Gasteiger charge is -2.19. The molecule has 1 aromatic carbocycles. The molecule has 17 heavy (non-hydrogen) atoms. The number of benzene rings is 1. The van der Waals surface area contributed by atoms with Crippen molar-refractivity contribution in [3.8, 4) is 6.07 Å². The first-order valence-corrected chi connectivity index (χ1v) is 6.19. The second-order valence-corrected chi connectivity index (χ2v) is 4.69. The van der Waals surface area contributed by atoms with Gasteiger partial charge in [-0.1, -0.05) is 18.2 Å². The zero-order valence-electron chi connectivity index (χ0n) is 10.2. The third kappa shape index (κ3) is 3.10. The van der Waals surface area contributed by atoms with E-state index in [1.54, 1.807) is 0 Å². The molecule has 0 heterocycles. The third-order valence-corrected chi connectivity index (χ3v) is 3.25. The van der Waals surface area contributed by atoms with E-state index in [-0.39, 0.29) is 0 Å². The summed E-state index contributed by atoms with van der Waals surface area (Å²) in [5.74, 6) is 0.702. The van der Waals surface area contributed by atoms with Crippen LogP contribution in [0.2, 0.25) is 0 Å². The van der Waals surface area contributed by atoms with E-state index in [0.29, 0.717) is 5.92 Å². The van der Waals surface area contributed by atoms with Crippen LogP contribution >= 0.6 is 0 Å². The topological polar surface area (TPSA) is 35.8 Å². The Morgan fingerprint density at radius 3 is 3.00 bits per heavy atom. The normalized spacial score (nSPS) is 18.7. The maximum atomic E-state index is 9.08. The van der Waals surface area contributed by atoms with Crippen molar-refractivity contribution < 1.29 is 0 Å². The van der Waals surface area contributed by atoms with Crippen molar-refractivity contribution in [1.29, 1.82) is 5.26 Å². The van der Waals surface area contributed by atoms with Crippen molar-refractivity contribution in [2.24, 2.45) is 5.92 Å². The zero-order valence-corrected chi connectivity index (χ0v) is 10.2. The molecule has 1 aliphatic carbocycles. The van der Waals surface area contributed by atoms with E-state index in [2.05, 4.69) is 23.5 Å². The molecule has 0 amide bonds. The van der Waals surface area contributed by atoms with Crippen LogP contribution in [-0.2, 0) is 0 Å². The predicted molar refractivity (Wildman–Crippen MR) is 70.9 cm³/mol. The summed E-state index contributed by atoms with van der Waals surface area (Å²) in [4.78, 5) is 0. The molecule has 1 aliphatic rings. The number of aryl methyl sites for hydroxylation is 1. The molecule has 0 bridgehead atoms. The number of anilines is 1. The van der Waals surface area contributed by atoms with Gasteiger partial charge in [-0.15, -0.1) is 0 Å². The summed E-state index contributed by atoms with van der Waals surface area (Å²) in [6.07, 6.45) is 8.10. The van der Waals surface area contributed by atoms with E-state index in [1.165, 1.54) is 12.8 Å². The first-order chi connectivity index (χ1) is 8.29. The molecule has 0 aliphatic heterocycles. The molecule has 0 spiro atoms. The second kappa shape index (κ2) is 5.54. The molecule has 0 saturated carbocycles. The van der Waals surface area contributed by atoms with E-state index in [1.807, 2.05) is 25.1 Å². The van der Waals surface area contributed by atoms with Gasteiger partial charge in [-0.25, -0.2) is 0 Å². The zero-order chi connectivity index (χ0) is 12.1. The lowest BCUT2D eigenvalue weighted by atomic mass is 9.94. The van der Waals surface area contributed by atoms with E-state index in [4.69, 9.17) is 5.26 Å². The number of nitrogens with one attached hydrogen (secondary N) is 1. The minimum Gasteiger partial charge on any atom is -0.384 e. The highest BCUT2D eigenvalue weighted by atomic mass is 14.9. The highest BCUT2D eigenvalue weighted by Crippen LogP contribution is 2.21. The van der Waals surface area contributed by atoms with Gasteiger partial charge in [-0.05, 0) is 49.8 Å². The standard InChI is InChI=1S/C15H18N2/c1-12-7-8-15(14(9-12)10-16)17-11-13-5-3-2-4-6-13/h2-3,7-9,13,17H,4-6,11H2,1H3. The van der Waals surface area contributed by atoms with Crippen LogP contribution in [-0.4, -0.2) is 6.54 Å². The Labute approximate surface area is 103 Å². The third-order valence-electron chi connectivity index (χ3n) is 3.25. The van der Waals surface area contributed by atoms with Crippen molar-refractivity contribution in [2.45, 2.75) is 26.2 Å². The van der Waals surface area contributed by atoms with Gasteiger partial charge in [0.2, 0.25) is 0 Å². The molecule has 0 saturated heterocycles. The fourth-order valence-electron chi connectivity index (χ4n) is 2.20. The average Bonchev–Trinajstić information content (AvgIpc) is 2.38. The van der Waals surface area contributed by atoms with Crippen LogP contribution < -0.4 is 5.32 Å². The van der Waals surface area contributed by atoms with Gasteiger partial charge in [0, 0.05) is 6.54 Å². The average molecular weight is 226 g/mol. The summed E-state index contributed by atoms with van der Waals surface area (Å²) in [5.41, 5.74) is 2.84. The van der Waals surface area contributed by atoms with Gasteiger partial charge < -0.3 is 5.32 Å². The molecular formula is C15H18N2. The van der Waals surface area contributed by atoms with Crippen molar-refractivity contribution in [3.63, 3.8) is 0 Å². The smallest absolute Gasteiger partial charge is 0.101 e.